The molecule has 8 heteroatoms. The molecule has 272 valence electrons. The largest absolute Gasteiger partial charge is 0.387 e. The Morgan fingerprint density at radius 3 is 2.50 bits per heavy atom. The summed E-state index contributed by atoms with van der Waals surface area (Å²) in [6, 6.07) is 4.15. The van der Waals surface area contributed by atoms with Crippen molar-refractivity contribution in [3.8, 4) is 0 Å². The number of hydrogen-bond acceptors (Lipinski definition) is 7. The number of Topliss-reactive ketones (excluding diaryl/α,β-unsaturated/α-hetero) is 1. The van der Waals surface area contributed by atoms with Crippen LogP contribution in [0.4, 0.5) is 0 Å². The van der Waals surface area contributed by atoms with Crippen LogP contribution in [-0.2, 0) is 37.2 Å². The molecule has 2 aromatic rings. The zero-order chi connectivity index (χ0) is 35.8. The van der Waals surface area contributed by atoms with E-state index in [2.05, 4.69) is 52.6 Å². The highest BCUT2D eigenvalue weighted by Gasteiger charge is 2.86. The molecular formula is C42H57NO7. The number of hydrogen-bond donors (Lipinski definition) is 3. The summed E-state index contributed by atoms with van der Waals surface area (Å²) in [4.78, 5) is 18.2. The molecule has 3 N–H and O–H groups in total. The summed E-state index contributed by atoms with van der Waals surface area (Å²) in [6.07, 6.45) is 4.39. The Labute approximate surface area is 296 Å². The third kappa shape index (κ3) is 3.81. The molecule has 4 aliphatic carbocycles. The van der Waals surface area contributed by atoms with Gasteiger partial charge in [-0.2, -0.15) is 0 Å². The van der Waals surface area contributed by atoms with Crippen LogP contribution >= 0.6 is 0 Å². The number of rotatable bonds is 4. The molecule has 0 amide bonds. The van der Waals surface area contributed by atoms with Gasteiger partial charge in [0.15, 0.2) is 11.4 Å². The Morgan fingerprint density at radius 2 is 1.78 bits per heavy atom. The van der Waals surface area contributed by atoms with Crippen molar-refractivity contribution in [3.05, 3.63) is 46.2 Å². The third-order valence-electron chi connectivity index (χ3n) is 15.7. The molecular weight excluding hydrogens is 630 g/mol. The van der Waals surface area contributed by atoms with Gasteiger partial charge in [0.05, 0.1) is 35.4 Å². The number of carbonyl (C=O) groups excluding carboxylic acids is 1. The number of ether oxygens (including phenoxy) is 4. The van der Waals surface area contributed by atoms with Crippen LogP contribution in [-0.4, -0.2) is 80.0 Å². The van der Waals surface area contributed by atoms with E-state index in [4.69, 9.17) is 18.9 Å². The SMILES string of the molecule is CC(C)=CCOC(C)(C)[C@H]1OC2CC[C@]3(C)[C@@]4(C)c5[nH]c6ccc7c(c6c5C[C@@H]4CC[C@@]3(O)C23O[C@@H]3[C@@H]1O)C[C@@H]1[C@@H](C7=O)C(C)(C)OC1(C)C. The van der Waals surface area contributed by atoms with Gasteiger partial charge in [0.25, 0.3) is 0 Å². The summed E-state index contributed by atoms with van der Waals surface area (Å²) in [5, 5.41) is 26.3. The number of fused-ring (bicyclic) bond motifs is 10. The molecule has 4 heterocycles. The highest BCUT2D eigenvalue weighted by Crippen LogP contribution is 2.75. The van der Waals surface area contributed by atoms with Crippen LogP contribution in [0, 0.1) is 23.2 Å². The van der Waals surface area contributed by atoms with Gasteiger partial charge < -0.3 is 34.1 Å². The van der Waals surface area contributed by atoms with Crippen LogP contribution in [0.15, 0.2) is 23.8 Å². The first-order chi connectivity index (χ1) is 23.3. The Morgan fingerprint density at radius 1 is 1.04 bits per heavy atom. The zero-order valence-electron chi connectivity index (χ0n) is 31.7. The molecule has 3 aliphatic heterocycles. The van der Waals surface area contributed by atoms with Crippen molar-refractivity contribution in [1.29, 1.82) is 0 Å². The molecule has 1 aromatic heterocycles. The van der Waals surface area contributed by atoms with Gasteiger partial charge in [-0.1, -0.05) is 25.5 Å². The second kappa shape index (κ2) is 9.91. The summed E-state index contributed by atoms with van der Waals surface area (Å²) in [7, 11) is 0. The molecule has 1 spiro atoms. The first kappa shape index (κ1) is 33.7. The number of aliphatic hydroxyl groups is 2. The lowest BCUT2D eigenvalue weighted by Gasteiger charge is -2.66. The Kier molecular flexibility index (Phi) is 6.69. The van der Waals surface area contributed by atoms with E-state index in [1.54, 1.807) is 0 Å². The lowest BCUT2D eigenvalue weighted by Crippen LogP contribution is -2.76. The molecule has 0 bridgehead atoms. The minimum Gasteiger partial charge on any atom is -0.387 e. The Hall–Kier alpha value is -2.07. The lowest BCUT2D eigenvalue weighted by molar-refractivity contribution is -0.283. The number of aliphatic hydroxyl groups excluding tert-OH is 1. The standard InChI is InChI=1S/C42H57NO7/c1-21(2)15-18-47-38(7,8)34-32(45)35-42(49-35)28(48-34)14-16-39(9)40(10)22(13-17-41(39,42)46)19-25-29-24-20-26-30(37(5,6)50-36(26,3)4)31(44)23(24)11-12-27(29)43-33(25)40/h11-12,15,22,26,28,30,32,34-35,43,45-46H,13-14,16-20H2,1-10H3/t22-,26+,28?,30-,32+,34-,35+,39+,40+,41-,42?/m0/s1. The monoisotopic (exact) mass is 687 g/mol. The number of aromatic amines is 1. The fourth-order valence-electron chi connectivity index (χ4n) is 13.1. The van der Waals surface area contributed by atoms with Crippen molar-refractivity contribution < 1.29 is 34.0 Å². The van der Waals surface area contributed by atoms with E-state index in [1.165, 1.54) is 27.8 Å². The number of epoxide rings is 1. The van der Waals surface area contributed by atoms with Crippen molar-refractivity contribution in [3.63, 3.8) is 0 Å². The number of nitrogens with one attached hydrogen (secondary N) is 1. The van der Waals surface area contributed by atoms with Crippen molar-refractivity contribution in [2.45, 2.75) is 166 Å². The van der Waals surface area contributed by atoms with Crippen molar-refractivity contribution in [2.75, 3.05) is 6.61 Å². The van der Waals surface area contributed by atoms with E-state index in [-0.39, 0.29) is 29.1 Å². The number of aromatic nitrogens is 1. The fraction of sp³-hybridized carbons (Fsp3) is 0.738. The maximum absolute atomic E-state index is 14.2. The first-order valence-electron chi connectivity index (χ1n) is 19.2. The van der Waals surface area contributed by atoms with Gasteiger partial charge in [-0.05, 0) is 123 Å². The maximum atomic E-state index is 14.2. The summed E-state index contributed by atoms with van der Waals surface area (Å²) in [6.45, 7) is 21.6. The predicted octanol–water partition coefficient (Wildman–Crippen LogP) is 6.51. The summed E-state index contributed by atoms with van der Waals surface area (Å²) >= 11 is 0. The van der Waals surface area contributed by atoms with E-state index in [9.17, 15) is 15.0 Å². The smallest absolute Gasteiger partial charge is 0.169 e. The van der Waals surface area contributed by atoms with E-state index < -0.39 is 51.7 Å². The molecule has 5 fully saturated rings. The quantitative estimate of drug-likeness (QED) is 0.248. The number of carbonyl (C=O) groups is 1. The van der Waals surface area contributed by atoms with Crippen molar-refractivity contribution in [1.82, 2.24) is 4.98 Å². The van der Waals surface area contributed by atoms with E-state index in [0.717, 1.165) is 43.2 Å². The predicted molar refractivity (Wildman–Crippen MR) is 190 cm³/mol. The molecule has 3 saturated heterocycles. The molecule has 7 aliphatic rings. The summed E-state index contributed by atoms with van der Waals surface area (Å²) in [5.41, 5.74) is 2.08. The van der Waals surface area contributed by atoms with E-state index >= 15 is 0 Å². The molecule has 50 heavy (non-hydrogen) atoms. The minimum absolute atomic E-state index is 0.109. The fourth-order valence-corrected chi connectivity index (χ4v) is 13.1. The van der Waals surface area contributed by atoms with Crippen LogP contribution in [0.25, 0.3) is 10.9 Å². The summed E-state index contributed by atoms with van der Waals surface area (Å²) < 4.78 is 26.3. The van der Waals surface area contributed by atoms with Gasteiger partial charge in [-0.25, -0.2) is 0 Å². The molecule has 9 rings (SSSR count). The second-order valence-electron chi connectivity index (χ2n) is 19.4. The third-order valence-corrected chi connectivity index (χ3v) is 15.7. The lowest BCUT2D eigenvalue weighted by atomic mass is 9.40. The number of H-pyrrole nitrogens is 1. The van der Waals surface area contributed by atoms with Crippen LogP contribution in [0.1, 0.15) is 122 Å². The van der Waals surface area contributed by atoms with Gasteiger partial charge in [-0.15, -0.1) is 0 Å². The normalized spacial score (nSPS) is 44.7. The van der Waals surface area contributed by atoms with Gasteiger partial charge in [0.2, 0.25) is 0 Å². The molecule has 11 atom stereocenters. The van der Waals surface area contributed by atoms with Crippen molar-refractivity contribution >= 4 is 16.7 Å². The van der Waals surface area contributed by atoms with Gasteiger partial charge in [-0.3, -0.25) is 4.79 Å². The average molecular weight is 688 g/mol. The first-order valence-corrected chi connectivity index (χ1v) is 19.2. The average Bonchev–Trinajstić information content (AvgIpc) is 3.52. The van der Waals surface area contributed by atoms with E-state index in [0.29, 0.717) is 18.9 Å². The molecule has 2 saturated carbocycles. The van der Waals surface area contributed by atoms with E-state index in [1.807, 2.05) is 39.8 Å². The second-order valence-corrected chi connectivity index (χ2v) is 19.4. The molecule has 8 nitrogen and oxygen atoms in total. The van der Waals surface area contributed by atoms with Gasteiger partial charge >= 0.3 is 0 Å². The van der Waals surface area contributed by atoms with Gasteiger partial charge in [0.1, 0.15) is 23.9 Å². The number of benzene rings is 1. The zero-order valence-corrected chi connectivity index (χ0v) is 31.7. The minimum atomic E-state index is -1.20. The summed E-state index contributed by atoms with van der Waals surface area (Å²) in [5.74, 6) is 0.492. The number of ketones is 1. The van der Waals surface area contributed by atoms with Crippen LogP contribution in [0.3, 0.4) is 0 Å². The molecule has 0 radical (unpaired) electrons. The van der Waals surface area contributed by atoms with Crippen LogP contribution in [0.5, 0.6) is 0 Å². The molecule has 2 unspecified atom stereocenters. The topological polar surface area (TPSA) is 114 Å². The van der Waals surface area contributed by atoms with Gasteiger partial charge in [0, 0.05) is 38.9 Å². The number of allylic oxidation sites excluding steroid dienone is 1. The Balaban J connectivity index is 1.09. The highest BCUT2D eigenvalue weighted by molar-refractivity contribution is 6.06. The Bertz CT molecular complexity index is 1850. The maximum Gasteiger partial charge on any atom is 0.169 e. The van der Waals surface area contributed by atoms with Crippen LogP contribution in [0.2, 0.25) is 0 Å². The van der Waals surface area contributed by atoms with Crippen molar-refractivity contribution in [2.24, 2.45) is 23.2 Å². The highest BCUT2D eigenvalue weighted by atomic mass is 16.7. The van der Waals surface area contributed by atoms with Crippen LogP contribution < -0.4 is 0 Å². The molecule has 1 aromatic carbocycles.